The molecule has 0 fully saturated rings. The Hall–Kier alpha value is -8.37. The van der Waals surface area contributed by atoms with Gasteiger partial charge in [0, 0.05) is 49.4 Å². The Morgan fingerprint density at radius 2 is 0.754 bits per heavy atom. The van der Waals surface area contributed by atoms with Gasteiger partial charge in [-0.1, -0.05) is 72.8 Å². The molecule has 0 aliphatic rings. The lowest BCUT2D eigenvalue weighted by Crippen LogP contribution is -1.98. The average Bonchev–Trinajstić information content (AvgIpc) is 3.91. The predicted octanol–water partition coefficient (Wildman–Crippen LogP) is 12.3. The van der Waals surface area contributed by atoms with Crippen molar-refractivity contribution in [3.05, 3.63) is 187 Å². The van der Waals surface area contributed by atoms with Gasteiger partial charge in [0.2, 0.25) is 0 Å². The molecule has 0 N–H and O–H groups in total. The Kier molecular flexibility index (Phi) is 6.95. The van der Waals surface area contributed by atoms with Crippen LogP contribution in [0.2, 0.25) is 0 Å². The molecule has 0 atom stereocenters. The minimum absolute atomic E-state index is 0.542. The van der Waals surface area contributed by atoms with Gasteiger partial charge < -0.3 is 13.7 Å². The number of rotatable bonds is 4. The summed E-state index contributed by atoms with van der Waals surface area (Å²) in [4.78, 5) is 0. The van der Waals surface area contributed by atoms with Crippen molar-refractivity contribution < 1.29 is 0 Å². The monoisotopic (exact) mass is 724 g/mol. The van der Waals surface area contributed by atoms with Crippen LogP contribution in [0.25, 0.3) is 93.6 Å². The second kappa shape index (κ2) is 12.3. The van der Waals surface area contributed by atoms with E-state index < -0.39 is 0 Å². The average molecular weight is 725 g/mol. The number of fused-ring (bicyclic) bond motifs is 9. The summed E-state index contributed by atoms with van der Waals surface area (Å²) in [7, 11) is 0. The predicted molar refractivity (Wildman–Crippen MR) is 229 cm³/mol. The zero-order valence-electron chi connectivity index (χ0n) is 30.3. The molecule has 6 nitrogen and oxygen atoms in total. The van der Waals surface area contributed by atoms with E-state index in [2.05, 4.69) is 147 Å². The fourth-order valence-corrected chi connectivity index (χ4v) is 8.85. The molecule has 11 rings (SSSR count). The van der Waals surface area contributed by atoms with Gasteiger partial charge >= 0.3 is 0 Å². The Bertz CT molecular complexity index is 3500. The molecule has 57 heavy (non-hydrogen) atoms. The Labute approximate surface area is 326 Å². The van der Waals surface area contributed by atoms with Crippen molar-refractivity contribution in [2.24, 2.45) is 0 Å². The highest BCUT2D eigenvalue weighted by Gasteiger charge is 2.19. The quantitative estimate of drug-likeness (QED) is 0.181. The number of nitrogens with zero attached hydrogens (tertiary/aromatic N) is 6. The summed E-state index contributed by atoms with van der Waals surface area (Å²) in [6.07, 6.45) is 0. The molecule has 11 aromatic rings. The SMILES string of the molecule is N#Cc1ccc2c(c1)c1cc(C#N)ccc1n2-c1ccc(-c2cccc(-n3c4ccccc4c4cc(-n5c6ccccc6c6ccccc65)ccc43)c2)c(C#N)c1. The highest BCUT2D eigenvalue weighted by molar-refractivity contribution is 6.13. The van der Waals surface area contributed by atoms with Gasteiger partial charge in [-0.2, -0.15) is 15.8 Å². The molecule has 0 bridgehead atoms. The smallest absolute Gasteiger partial charge is 0.0998 e. The van der Waals surface area contributed by atoms with Gasteiger partial charge in [-0.05, 0) is 108 Å². The van der Waals surface area contributed by atoms with E-state index in [1.54, 1.807) is 12.1 Å². The topological polar surface area (TPSA) is 86.2 Å². The third-order valence-corrected chi connectivity index (χ3v) is 11.3. The highest BCUT2D eigenvalue weighted by atomic mass is 15.0. The largest absolute Gasteiger partial charge is 0.309 e. The van der Waals surface area contributed by atoms with Crippen LogP contribution in [0, 0.1) is 34.0 Å². The van der Waals surface area contributed by atoms with Crippen LogP contribution >= 0.6 is 0 Å². The first-order chi connectivity index (χ1) is 28.1. The second-order valence-electron chi connectivity index (χ2n) is 14.3. The van der Waals surface area contributed by atoms with Gasteiger partial charge in [-0.15, -0.1) is 0 Å². The van der Waals surface area contributed by atoms with E-state index in [-0.39, 0.29) is 0 Å². The van der Waals surface area contributed by atoms with Gasteiger partial charge in [-0.3, -0.25) is 0 Å². The highest BCUT2D eigenvalue weighted by Crippen LogP contribution is 2.39. The summed E-state index contributed by atoms with van der Waals surface area (Å²) < 4.78 is 6.77. The lowest BCUT2D eigenvalue weighted by atomic mass is 9.99. The summed E-state index contributed by atoms with van der Waals surface area (Å²) >= 11 is 0. The van der Waals surface area contributed by atoms with E-state index in [1.807, 2.05) is 42.5 Å². The summed E-state index contributed by atoms with van der Waals surface area (Å²) in [5.74, 6) is 0. The third-order valence-electron chi connectivity index (χ3n) is 11.3. The lowest BCUT2D eigenvalue weighted by Gasteiger charge is -2.14. The second-order valence-corrected chi connectivity index (χ2v) is 14.3. The maximum atomic E-state index is 10.6. The molecule has 3 aromatic heterocycles. The first-order valence-electron chi connectivity index (χ1n) is 18.7. The van der Waals surface area contributed by atoms with E-state index in [1.165, 1.54) is 21.8 Å². The molecule has 0 spiro atoms. The van der Waals surface area contributed by atoms with Gasteiger partial charge in [0.25, 0.3) is 0 Å². The number of aromatic nitrogens is 3. The Morgan fingerprint density at radius 1 is 0.316 bits per heavy atom. The normalized spacial score (nSPS) is 11.5. The van der Waals surface area contributed by atoms with Crippen molar-refractivity contribution in [1.82, 2.24) is 13.7 Å². The maximum absolute atomic E-state index is 10.6. The minimum Gasteiger partial charge on any atom is -0.309 e. The fraction of sp³-hybridized carbons (Fsp3) is 0. The molecule has 0 aliphatic heterocycles. The number of hydrogen-bond donors (Lipinski definition) is 0. The van der Waals surface area contributed by atoms with Crippen LogP contribution in [-0.2, 0) is 0 Å². The van der Waals surface area contributed by atoms with Crippen molar-refractivity contribution in [1.29, 1.82) is 15.8 Å². The van der Waals surface area contributed by atoms with Gasteiger partial charge in [-0.25, -0.2) is 0 Å². The standard InChI is InChI=1S/C51H28N6/c52-29-32-16-21-49-43(24-32)44-25-33(30-53)17-22-50(44)56(49)37-18-20-39(35(27-37)31-54)34-8-7-9-36(26-34)55-48-15-6-3-12-42(48)45-28-38(19-23-51(45)55)57-46-13-4-1-10-40(46)41-11-2-5-14-47(41)57/h1-28H. The molecule has 0 aliphatic carbocycles. The van der Waals surface area contributed by atoms with Gasteiger partial charge in [0.15, 0.2) is 0 Å². The molecular formula is C51H28N6. The zero-order valence-corrected chi connectivity index (χ0v) is 30.3. The van der Waals surface area contributed by atoms with Gasteiger partial charge in [0.05, 0.1) is 68.0 Å². The number of para-hydroxylation sites is 3. The summed E-state index contributed by atoms with van der Waals surface area (Å²) in [6.45, 7) is 0. The van der Waals surface area contributed by atoms with Crippen LogP contribution < -0.4 is 0 Å². The van der Waals surface area contributed by atoms with Crippen LogP contribution in [0.1, 0.15) is 16.7 Å². The first kappa shape index (κ1) is 32.1. The molecule has 0 saturated heterocycles. The molecule has 6 heteroatoms. The Balaban J connectivity index is 1.05. The lowest BCUT2D eigenvalue weighted by molar-refractivity contribution is 1.16. The summed E-state index contributed by atoms with van der Waals surface area (Å²) in [5, 5.41) is 36.4. The van der Waals surface area contributed by atoms with Crippen LogP contribution in [0.4, 0.5) is 0 Å². The molecule has 0 saturated carbocycles. The fourth-order valence-electron chi connectivity index (χ4n) is 8.85. The summed E-state index contributed by atoms with van der Waals surface area (Å²) in [5.41, 5.74) is 12.7. The van der Waals surface area contributed by atoms with E-state index in [4.69, 9.17) is 0 Å². The van der Waals surface area contributed by atoms with Crippen LogP contribution in [-0.4, -0.2) is 13.7 Å². The van der Waals surface area contributed by atoms with Crippen LogP contribution in [0.3, 0.4) is 0 Å². The summed E-state index contributed by atoms with van der Waals surface area (Å²) in [6, 6.07) is 65.0. The van der Waals surface area contributed by atoms with E-state index in [9.17, 15) is 15.8 Å². The molecule has 3 heterocycles. The van der Waals surface area contributed by atoms with E-state index in [0.29, 0.717) is 16.7 Å². The van der Waals surface area contributed by atoms with Crippen LogP contribution in [0.15, 0.2) is 170 Å². The molecular weight excluding hydrogens is 697 g/mol. The maximum Gasteiger partial charge on any atom is 0.0998 e. The first-order valence-corrected chi connectivity index (χ1v) is 18.7. The number of nitriles is 3. The van der Waals surface area contributed by atoms with Gasteiger partial charge in [0.1, 0.15) is 0 Å². The Morgan fingerprint density at radius 3 is 1.30 bits per heavy atom. The van der Waals surface area contributed by atoms with Crippen molar-refractivity contribution in [2.75, 3.05) is 0 Å². The molecule has 0 unspecified atom stereocenters. The van der Waals surface area contributed by atoms with E-state index in [0.717, 1.165) is 71.8 Å². The van der Waals surface area contributed by atoms with Crippen molar-refractivity contribution in [3.63, 3.8) is 0 Å². The molecule has 0 amide bonds. The van der Waals surface area contributed by atoms with Crippen molar-refractivity contribution in [2.45, 2.75) is 0 Å². The minimum atomic E-state index is 0.542. The number of hydrogen-bond acceptors (Lipinski definition) is 3. The van der Waals surface area contributed by atoms with Crippen molar-refractivity contribution >= 4 is 65.4 Å². The molecule has 0 radical (unpaired) electrons. The van der Waals surface area contributed by atoms with Crippen LogP contribution in [0.5, 0.6) is 0 Å². The van der Waals surface area contributed by atoms with E-state index >= 15 is 0 Å². The zero-order chi connectivity index (χ0) is 38.2. The van der Waals surface area contributed by atoms with Crippen molar-refractivity contribution in [3.8, 4) is 46.4 Å². The third kappa shape index (κ3) is 4.74. The molecule has 262 valence electrons. The number of benzene rings is 8. The molecule has 8 aromatic carbocycles.